The van der Waals surface area contributed by atoms with Gasteiger partial charge in [0.1, 0.15) is 0 Å². The molecule has 2 rings (SSSR count). The Labute approximate surface area is 171 Å². The number of hydrogen-bond acceptors (Lipinski definition) is 6. The second-order valence-electron chi connectivity index (χ2n) is 6.79. The molecule has 1 aromatic rings. The minimum Gasteiger partial charge on any atom is -0.355 e. The Morgan fingerprint density at radius 2 is 2.00 bits per heavy atom. The van der Waals surface area contributed by atoms with Crippen molar-refractivity contribution in [2.45, 2.75) is 31.1 Å². The van der Waals surface area contributed by atoms with Crippen LogP contribution in [0, 0.1) is 22.0 Å². The highest BCUT2D eigenvalue weighted by atomic mass is 35.5. The number of carbonyl (C=O) groups excluding carboxylic acids is 1. The molecule has 1 amide bonds. The molecule has 1 aliphatic heterocycles. The van der Waals surface area contributed by atoms with E-state index < -0.39 is 14.9 Å². The Morgan fingerprint density at radius 3 is 2.57 bits per heavy atom. The van der Waals surface area contributed by atoms with Gasteiger partial charge in [0, 0.05) is 31.6 Å². The van der Waals surface area contributed by atoms with Gasteiger partial charge >= 0.3 is 0 Å². The maximum Gasteiger partial charge on any atom is 0.269 e. The van der Waals surface area contributed by atoms with Crippen LogP contribution >= 0.6 is 12.4 Å². The zero-order valence-corrected chi connectivity index (χ0v) is 17.4. The average molecular weight is 435 g/mol. The smallest absolute Gasteiger partial charge is 0.269 e. The quantitative estimate of drug-likeness (QED) is 0.306. The van der Waals surface area contributed by atoms with Crippen molar-refractivity contribution in [2.24, 2.45) is 11.8 Å². The lowest BCUT2D eigenvalue weighted by molar-refractivity contribution is -0.384. The molecule has 0 spiro atoms. The second-order valence-corrected chi connectivity index (χ2v) is 8.55. The van der Waals surface area contributed by atoms with Crippen LogP contribution in [0.3, 0.4) is 0 Å². The Hall–Kier alpha value is -1.75. The third kappa shape index (κ3) is 7.34. The summed E-state index contributed by atoms with van der Waals surface area (Å²) in [7, 11) is -3.77. The predicted octanol–water partition coefficient (Wildman–Crippen LogP) is 1.44. The molecule has 0 aromatic heterocycles. The van der Waals surface area contributed by atoms with Crippen molar-refractivity contribution in [2.75, 3.05) is 26.2 Å². The molecule has 0 bridgehead atoms. The molecule has 11 heteroatoms. The van der Waals surface area contributed by atoms with E-state index in [1.165, 1.54) is 12.1 Å². The molecule has 2 atom stereocenters. The Kier molecular flexibility index (Phi) is 9.80. The van der Waals surface area contributed by atoms with E-state index in [4.69, 9.17) is 0 Å². The van der Waals surface area contributed by atoms with E-state index >= 15 is 0 Å². The lowest BCUT2D eigenvalue weighted by Crippen LogP contribution is -2.37. The van der Waals surface area contributed by atoms with Gasteiger partial charge in [0.15, 0.2) is 0 Å². The van der Waals surface area contributed by atoms with Gasteiger partial charge in [-0.3, -0.25) is 14.9 Å². The second kappa shape index (κ2) is 11.3. The van der Waals surface area contributed by atoms with E-state index in [1.807, 2.05) is 0 Å². The van der Waals surface area contributed by atoms with Crippen LogP contribution in [0.5, 0.6) is 0 Å². The molecule has 1 aromatic carbocycles. The molecule has 3 N–H and O–H groups in total. The van der Waals surface area contributed by atoms with Crippen molar-refractivity contribution in [3.05, 3.63) is 34.4 Å². The number of nitrogens with zero attached hydrogens (tertiary/aromatic N) is 1. The maximum atomic E-state index is 12.1. The van der Waals surface area contributed by atoms with Crippen LogP contribution in [-0.4, -0.2) is 45.4 Å². The number of benzene rings is 1. The van der Waals surface area contributed by atoms with Gasteiger partial charge in [0.25, 0.3) is 5.69 Å². The average Bonchev–Trinajstić information content (AvgIpc) is 2.66. The third-order valence-corrected chi connectivity index (χ3v) is 6.22. The summed E-state index contributed by atoms with van der Waals surface area (Å²) in [6.45, 7) is 4.26. The van der Waals surface area contributed by atoms with Crippen LogP contribution in [0.2, 0.25) is 0 Å². The van der Waals surface area contributed by atoms with Crippen molar-refractivity contribution in [3.63, 3.8) is 0 Å². The summed E-state index contributed by atoms with van der Waals surface area (Å²) < 4.78 is 26.7. The molecular weight excluding hydrogens is 408 g/mol. The lowest BCUT2D eigenvalue weighted by Gasteiger charge is -2.28. The number of piperidine rings is 1. The van der Waals surface area contributed by atoms with Crippen molar-refractivity contribution in [1.29, 1.82) is 0 Å². The van der Waals surface area contributed by atoms with E-state index in [1.54, 1.807) is 0 Å². The number of carbonyl (C=O) groups is 1. The number of sulfonamides is 1. The highest BCUT2D eigenvalue weighted by Gasteiger charge is 2.22. The number of rotatable bonds is 9. The van der Waals surface area contributed by atoms with Crippen LogP contribution < -0.4 is 15.4 Å². The molecule has 0 saturated carbocycles. The summed E-state index contributed by atoms with van der Waals surface area (Å²) >= 11 is 0. The molecule has 1 fully saturated rings. The fourth-order valence-corrected chi connectivity index (χ4v) is 4.15. The van der Waals surface area contributed by atoms with Crippen molar-refractivity contribution < 1.29 is 18.1 Å². The fourth-order valence-electron chi connectivity index (χ4n) is 3.11. The first-order valence-corrected chi connectivity index (χ1v) is 10.5. The van der Waals surface area contributed by atoms with Crippen molar-refractivity contribution in [1.82, 2.24) is 15.4 Å². The maximum absolute atomic E-state index is 12.1. The van der Waals surface area contributed by atoms with E-state index in [2.05, 4.69) is 22.3 Å². The largest absolute Gasteiger partial charge is 0.355 e. The molecule has 158 valence electrons. The van der Waals surface area contributed by atoms with E-state index in [0.717, 1.165) is 38.1 Å². The summed E-state index contributed by atoms with van der Waals surface area (Å²) in [6.07, 6.45) is 2.67. The van der Waals surface area contributed by atoms with E-state index in [9.17, 15) is 23.3 Å². The van der Waals surface area contributed by atoms with Gasteiger partial charge in [-0.1, -0.05) is 6.92 Å². The number of hydrogen-bond donors (Lipinski definition) is 3. The Bertz CT molecular complexity index is 751. The van der Waals surface area contributed by atoms with E-state index in [-0.39, 0.29) is 47.9 Å². The molecule has 1 aliphatic rings. The molecule has 9 nitrogen and oxygen atoms in total. The van der Waals surface area contributed by atoms with Crippen molar-refractivity contribution in [3.8, 4) is 0 Å². The predicted molar refractivity (Wildman–Crippen MR) is 108 cm³/mol. The first-order valence-electron chi connectivity index (χ1n) is 9.01. The lowest BCUT2D eigenvalue weighted by atomic mass is 9.85. The SMILES string of the molecule is CC(CC(=O)NCCNS(=O)(=O)c1ccc([N+](=O)[O-])cc1)C1CCCNC1.Cl. The number of amides is 1. The monoisotopic (exact) mass is 434 g/mol. The molecule has 28 heavy (non-hydrogen) atoms. The summed E-state index contributed by atoms with van der Waals surface area (Å²) in [5.41, 5.74) is -0.177. The summed E-state index contributed by atoms with van der Waals surface area (Å²) in [5, 5.41) is 16.7. The number of nitro groups is 1. The van der Waals surface area contributed by atoms with Gasteiger partial charge < -0.3 is 10.6 Å². The Balaban J connectivity index is 0.00000392. The standard InChI is InChI=1S/C17H26N4O5S.ClH/c1-13(14-3-2-8-18-12-14)11-17(22)19-9-10-20-27(25,26)16-6-4-15(5-7-16)21(23)24;/h4-7,13-14,18,20H,2-3,8-12H2,1H3,(H,19,22);1H. The molecular formula is C17H27ClN4O5S. The summed E-state index contributed by atoms with van der Waals surface area (Å²) in [4.78, 5) is 22.0. The van der Waals surface area contributed by atoms with E-state index in [0.29, 0.717) is 12.3 Å². The Morgan fingerprint density at radius 1 is 1.32 bits per heavy atom. The normalized spacial score (nSPS) is 18.0. The van der Waals surface area contributed by atoms with Crippen LogP contribution in [0.4, 0.5) is 5.69 Å². The highest BCUT2D eigenvalue weighted by Crippen LogP contribution is 2.22. The highest BCUT2D eigenvalue weighted by molar-refractivity contribution is 7.89. The zero-order chi connectivity index (χ0) is 19.9. The van der Waals surface area contributed by atoms with Crippen molar-refractivity contribution >= 4 is 34.0 Å². The first-order chi connectivity index (χ1) is 12.8. The third-order valence-electron chi connectivity index (χ3n) is 4.74. The summed E-state index contributed by atoms with van der Waals surface area (Å²) in [6, 6.07) is 4.63. The van der Waals surface area contributed by atoms with Crippen LogP contribution in [0.15, 0.2) is 29.2 Å². The fraction of sp³-hybridized carbons (Fsp3) is 0.588. The minimum atomic E-state index is -3.77. The van der Waals surface area contributed by atoms with Gasteiger partial charge in [-0.25, -0.2) is 13.1 Å². The number of halogens is 1. The van der Waals surface area contributed by atoms with Gasteiger partial charge in [-0.2, -0.15) is 0 Å². The zero-order valence-electron chi connectivity index (χ0n) is 15.7. The van der Waals surface area contributed by atoms with Crippen LogP contribution in [0.25, 0.3) is 0 Å². The van der Waals surface area contributed by atoms with Crippen LogP contribution in [0.1, 0.15) is 26.2 Å². The van der Waals surface area contributed by atoms with Crippen LogP contribution in [-0.2, 0) is 14.8 Å². The van der Waals surface area contributed by atoms with Gasteiger partial charge in [0.05, 0.1) is 9.82 Å². The van der Waals surface area contributed by atoms with Gasteiger partial charge in [-0.05, 0) is 49.9 Å². The molecule has 0 radical (unpaired) electrons. The topological polar surface area (TPSA) is 130 Å². The molecule has 1 saturated heterocycles. The van der Waals surface area contributed by atoms with Gasteiger partial charge in [-0.15, -0.1) is 12.4 Å². The first kappa shape index (κ1) is 24.3. The number of nitro benzene ring substituents is 1. The molecule has 2 unspecified atom stereocenters. The molecule has 1 heterocycles. The molecule has 0 aliphatic carbocycles. The number of non-ortho nitro benzene ring substituents is 1. The minimum absolute atomic E-state index is 0. The summed E-state index contributed by atoms with van der Waals surface area (Å²) in [5.74, 6) is 0.669. The van der Waals surface area contributed by atoms with Gasteiger partial charge in [0.2, 0.25) is 15.9 Å². The number of nitrogens with one attached hydrogen (secondary N) is 3.